The highest BCUT2D eigenvalue weighted by Crippen LogP contribution is 2.44. The minimum atomic E-state index is -0.0722. The molecule has 5 nitrogen and oxygen atoms in total. The van der Waals surface area contributed by atoms with E-state index in [9.17, 15) is 4.79 Å². The maximum Gasteiger partial charge on any atom is 0.267 e. The van der Waals surface area contributed by atoms with Gasteiger partial charge in [-0.1, -0.05) is 0 Å². The van der Waals surface area contributed by atoms with Crippen molar-refractivity contribution >= 4 is 0 Å². The van der Waals surface area contributed by atoms with Gasteiger partial charge in [0, 0.05) is 24.7 Å². The van der Waals surface area contributed by atoms with Crippen molar-refractivity contribution in [3.8, 4) is 5.88 Å². The molecule has 3 rings (SSSR count). The molecule has 0 saturated heterocycles. The summed E-state index contributed by atoms with van der Waals surface area (Å²) < 4.78 is 6.52. The summed E-state index contributed by atoms with van der Waals surface area (Å²) in [6.45, 7) is 1.41. The van der Waals surface area contributed by atoms with Crippen molar-refractivity contribution in [3.63, 3.8) is 0 Å². The molecule has 0 radical (unpaired) electrons. The fourth-order valence-electron chi connectivity index (χ4n) is 2.67. The molecular formula is C14H21N3O2. The van der Waals surface area contributed by atoms with Gasteiger partial charge in [0.1, 0.15) is 0 Å². The van der Waals surface area contributed by atoms with Crippen LogP contribution in [-0.2, 0) is 6.54 Å². The van der Waals surface area contributed by atoms with Gasteiger partial charge >= 0.3 is 0 Å². The van der Waals surface area contributed by atoms with E-state index in [0.717, 1.165) is 18.4 Å². The van der Waals surface area contributed by atoms with Crippen LogP contribution in [0.5, 0.6) is 5.88 Å². The Kier molecular flexibility index (Phi) is 3.55. The van der Waals surface area contributed by atoms with E-state index in [2.05, 4.69) is 10.4 Å². The van der Waals surface area contributed by atoms with Gasteiger partial charge in [-0.15, -0.1) is 5.10 Å². The summed E-state index contributed by atoms with van der Waals surface area (Å²) in [6, 6.07) is 3.77. The second kappa shape index (κ2) is 5.33. The molecule has 2 aliphatic rings. The third kappa shape index (κ3) is 3.15. The molecule has 1 N–H and O–H groups in total. The molecule has 2 saturated carbocycles. The van der Waals surface area contributed by atoms with E-state index >= 15 is 0 Å². The van der Waals surface area contributed by atoms with Gasteiger partial charge in [0.25, 0.3) is 5.56 Å². The van der Waals surface area contributed by atoms with E-state index < -0.39 is 0 Å². The van der Waals surface area contributed by atoms with E-state index in [4.69, 9.17) is 4.74 Å². The number of methoxy groups -OCH3 is 1. The Labute approximate surface area is 113 Å². The first kappa shape index (κ1) is 12.7. The third-order valence-electron chi connectivity index (χ3n) is 4.01. The van der Waals surface area contributed by atoms with Crippen LogP contribution in [0.2, 0.25) is 0 Å². The van der Waals surface area contributed by atoms with E-state index in [1.807, 2.05) is 0 Å². The van der Waals surface area contributed by atoms with Crippen molar-refractivity contribution in [2.45, 2.75) is 38.3 Å². The van der Waals surface area contributed by atoms with E-state index in [-0.39, 0.29) is 5.56 Å². The average Bonchev–Trinajstić information content (AvgIpc) is 3.28. The van der Waals surface area contributed by atoms with Crippen molar-refractivity contribution in [2.75, 3.05) is 13.7 Å². The van der Waals surface area contributed by atoms with E-state index in [1.54, 1.807) is 13.2 Å². The molecule has 0 aliphatic heterocycles. The summed E-state index contributed by atoms with van der Waals surface area (Å²) in [5.74, 6) is 2.24. The number of rotatable bonds is 7. The van der Waals surface area contributed by atoms with Crippen molar-refractivity contribution in [1.82, 2.24) is 15.1 Å². The monoisotopic (exact) mass is 263 g/mol. The molecule has 5 heteroatoms. The molecule has 1 aromatic rings. The molecule has 2 fully saturated rings. The summed E-state index contributed by atoms with van der Waals surface area (Å²) in [5.41, 5.74) is -0.0722. The van der Waals surface area contributed by atoms with Crippen molar-refractivity contribution in [3.05, 3.63) is 22.5 Å². The van der Waals surface area contributed by atoms with Crippen molar-refractivity contribution < 1.29 is 4.74 Å². The minimum Gasteiger partial charge on any atom is -0.480 e. The zero-order valence-electron chi connectivity index (χ0n) is 11.3. The van der Waals surface area contributed by atoms with Gasteiger partial charge in [-0.2, -0.15) is 0 Å². The number of hydrogen-bond donors (Lipinski definition) is 1. The first-order chi connectivity index (χ1) is 9.28. The van der Waals surface area contributed by atoms with Crippen LogP contribution in [0.25, 0.3) is 0 Å². The molecule has 2 aliphatic carbocycles. The Morgan fingerprint density at radius 2 is 2.05 bits per heavy atom. The highest BCUT2D eigenvalue weighted by molar-refractivity contribution is 5.06. The number of ether oxygens (including phenoxy) is 1. The van der Waals surface area contributed by atoms with Gasteiger partial charge in [-0.05, 0) is 37.5 Å². The predicted octanol–water partition coefficient (Wildman–Crippen LogP) is 1.03. The topological polar surface area (TPSA) is 56.1 Å². The molecule has 104 valence electrons. The number of nitrogens with zero attached hydrogens (tertiary/aromatic N) is 2. The molecule has 0 unspecified atom stereocenters. The van der Waals surface area contributed by atoms with Crippen LogP contribution in [0.15, 0.2) is 16.9 Å². The van der Waals surface area contributed by atoms with Crippen LogP contribution >= 0.6 is 0 Å². The number of nitrogens with one attached hydrogen (secondary N) is 1. The zero-order chi connectivity index (χ0) is 13.2. The smallest absolute Gasteiger partial charge is 0.267 e. The van der Waals surface area contributed by atoms with Gasteiger partial charge < -0.3 is 10.1 Å². The van der Waals surface area contributed by atoms with Crippen LogP contribution in [-0.4, -0.2) is 29.5 Å². The standard InChI is InChI=1S/C14H21N3O2/c1-19-12-6-7-13(18)17(16-12)9-8-15-14(10-2-3-10)11-4-5-11/h6-7,10-11,14-15H,2-5,8-9H2,1H3. The molecule has 0 bridgehead atoms. The van der Waals surface area contributed by atoms with Gasteiger partial charge in [0.2, 0.25) is 5.88 Å². The fourth-order valence-corrected chi connectivity index (χ4v) is 2.67. The van der Waals surface area contributed by atoms with Gasteiger partial charge in [-0.3, -0.25) is 4.79 Å². The Bertz CT molecular complexity index is 480. The summed E-state index contributed by atoms with van der Waals surface area (Å²) >= 11 is 0. The summed E-state index contributed by atoms with van der Waals surface area (Å²) in [6.07, 6.45) is 5.47. The Hall–Kier alpha value is -1.36. The third-order valence-corrected chi connectivity index (χ3v) is 4.01. The van der Waals surface area contributed by atoms with Crippen LogP contribution in [0.1, 0.15) is 25.7 Å². The normalized spacial score (nSPS) is 18.8. The van der Waals surface area contributed by atoms with Crippen LogP contribution in [0, 0.1) is 11.8 Å². The number of aromatic nitrogens is 2. The maximum absolute atomic E-state index is 11.7. The molecule has 0 spiro atoms. The van der Waals surface area contributed by atoms with Crippen LogP contribution in [0.3, 0.4) is 0 Å². The van der Waals surface area contributed by atoms with Crippen molar-refractivity contribution in [1.29, 1.82) is 0 Å². The van der Waals surface area contributed by atoms with E-state index in [1.165, 1.54) is 36.4 Å². The van der Waals surface area contributed by atoms with Crippen LogP contribution in [0.4, 0.5) is 0 Å². The molecule has 1 heterocycles. The van der Waals surface area contributed by atoms with Crippen LogP contribution < -0.4 is 15.6 Å². The SMILES string of the molecule is COc1ccc(=O)n(CCNC(C2CC2)C2CC2)n1. The molecule has 0 atom stereocenters. The fraction of sp³-hybridized carbons (Fsp3) is 0.714. The summed E-state index contributed by atoms with van der Waals surface area (Å²) in [4.78, 5) is 11.7. The highest BCUT2D eigenvalue weighted by Gasteiger charge is 2.40. The summed E-state index contributed by atoms with van der Waals surface area (Å²) in [7, 11) is 1.56. The first-order valence-electron chi connectivity index (χ1n) is 7.13. The zero-order valence-corrected chi connectivity index (χ0v) is 11.3. The van der Waals surface area contributed by atoms with Gasteiger partial charge in [-0.25, -0.2) is 4.68 Å². The van der Waals surface area contributed by atoms with Gasteiger partial charge in [0.05, 0.1) is 13.7 Å². The molecule has 0 aromatic carbocycles. The number of hydrogen-bond acceptors (Lipinski definition) is 4. The lowest BCUT2D eigenvalue weighted by molar-refractivity contribution is 0.363. The second-order valence-electron chi connectivity index (χ2n) is 5.59. The molecular weight excluding hydrogens is 242 g/mol. The lowest BCUT2D eigenvalue weighted by Gasteiger charge is -2.17. The van der Waals surface area contributed by atoms with E-state index in [0.29, 0.717) is 18.5 Å². The van der Waals surface area contributed by atoms with Crippen molar-refractivity contribution in [2.24, 2.45) is 11.8 Å². The molecule has 19 heavy (non-hydrogen) atoms. The van der Waals surface area contributed by atoms with Gasteiger partial charge in [0.15, 0.2) is 0 Å². The largest absolute Gasteiger partial charge is 0.480 e. The quantitative estimate of drug-likeness (QED) is 0.798. The molecule has 0 amide bonds. The Morgan fingerprint density at radius 3 is 2.63 bits per heavy atom. The molecule has 1 aromatic heterocycles. The Morgan fingerprint density at radius 1 is 1.37 bits per heavy atom. The summed E-state index contributed by atoms with van der Waals surface area (Å²) in [5, 5.41) is 7.77. The lowest BCUT2D eigenvalue weighted by atomic mass is 10.1. The minimum absolute atomic E-state index is 0.0722. The Balaban J connectivity index is 1.55. The lowest BCUT2D eigenvalue weighted by Crippen LogP contribution is -2.37. The first-order valence-corrected chi connectivity index (χ1v) is 7.13. The maximum atomic E-state index is 11.7. The second-order valence-corrected chi connectivity index (χ2v) is 5.59. The predicted molar refractivity (Wildman–Crippen MR) is 72.3 cm³/mol. The average molecular weight is 263 g/mol. The highest BCUT2D eigenvalue weighted by atomic mass is 16.5.